The number of fused-ring (bicyclic) bond motifs is 1. The maximum absolute atomic E-state index is 14.4. The van der Waals surface area contributed by atoms with Crippen molar-refractivity contribution in [2.24, 2.45) is 0 Å². The quantitative estimate of drug-likeness (QED) is 0.484. The van der Waals surface area contributed by atoms with E-state index in [2.05, 4.69) is 18.5 Å². The first kappa shape index (κ1) is 19.3. The first-order valence-electron chi connectivity index (χ1n) is 9.78. The molecule has 0 aliphatic rings. The van der Waals surface area contributed by atoms with Gasteiger partial charge in [0.05, 0.1) is 0 Å². The first-order valence-corrected chi connectivity index (χ1v) is 9.78. The van der Waals surface area contributed by atoms with Crippen LogP contribution in [-0.4, -0.2) is 16.9 Å². The Hall–Kier alpha value is -3.08. The molecular weight excluding hydrogens is 365 g/mol. The van der Waals surface area contributed by atoms with Gasteiger partial charge in [-0.25, -0.2) is 0 Å². The Kier molecular flexibility index (Phi) is 4.91. The standard InChI is InChI=1S/C24H23BF2N2/c1-5-19-16(3)22(28-17(19)4)14-23-20-8-6-7-9-21(20)24(29(23)25(26)27)18-12-10-15(2)11-13-18/h6-14,28H,4-5H2,1-3H3. The van der Waals surface area contributed by atoms with E-state index in [4.69, 9.17) is 0 Å². The van der Waals surface area contributed by atoms with Crippen molar-refractivity contribution in [1.82, 2.24) is 9.46 Å². The van der Waals surface area contributed by atoms with Gasteiger partial charge in [-0.15, -0.1) is 0 Å². The highest BCUT2D eigenvalue weighted by molar-refractivity contribution is 6.43. The molecule has 146 valence electrons. The predicted molar refractivity (Wildman–Crippen MR) is 119 cm³/mol. The van der Waals surface area contributed by atoms with Gasteiger partial charge in [0.1, 0.15) is 0 Å². The number of aryl methyl sites for hydroxylation is 1. The summed E-state index contributed by atoms with van der Waals surface area (Å²) >= 11 is 0. The van der Waals surface area contributed by atoms with Crippen LogP contribution in [0, 0.1) is 13.8 Å². The molecule has 5 heteroatoms. The van der Waals surface area contributed by atoms with Crippen molar-refractivity contribution >= 4 is 30.8 Å². The zero-order valence-electron chi connectivity index (χ0n) is 16.9. The molecule has 0 unspecified atom stereocenters. The van der Waals surface area contributed by atoms with Gasteiger partial charge < -0.3 is 9.46 Å². The second kappa shape index (κ2) is 7.39. The van der Waals surface area contributed by atoms with Gasteiger partial charge >= 0.3 is 7.40 Å². The van der Waals surface area contributed by atoms with Crippen molar-refractivity contribution in [2.75, 3.05) is 0 Å². The van der Waals surface area contributed by atoms with Crippen LogP contribution in [0.1, 0.15) is 29.3 Å². The van der Waals surface area contributed by atoms with Crippen LogP contribution >= 0.6 is 0 Å². The van der Waals surface area contributed by atoms with Crippen LogP contribution in [0.25, 0.3) is 34.7 Å². The van der Waals surface area contributed by atoms with E-state index >= 15 is 0 Å². The number of nitrogens with one attached hydrogen (secondary N) is 1. The minimum Gasteiger partial charge on any atom is -0.355 e. The molecule has 0 aliphatic carbocycles. The summed E-state index contributed by atoms with van der Waals surface area (Å²) in [5.41, 5.74) is 5.10. The minimum absolute atomic E-state index is 0.498. The highest BCUT2D eigenvalue weighted by atomic mass is 19.2. The number of hydrogen-bond donors (Lipinski definition) is 1. The molecule has 4 aromatic rings. The lowest BCUT2D eigenvalue weighted by molar-refractivity contribution is 0.631. The number of hydrogen-bond acceptors (Lipinski definition) is 0. The number of aromatic amines is 1. The molecule has 2 heterocycles. The fraction of sp³-hybridized carbons (Fsp3) is 0.167. The van der Waals surface area contributed by atoms with Crippen molar-refractivity contribution < 1.29 is 8.63 Å². The second-order valence-corrected chi connectivity index (χ2v) is 7.41. The fourth-order valence-corrected chi connectivity index (χ4v) is 4.13. The third-order valence-electron chi connectivity index (χ3n) is 5.62. The van der Waals surface area contributed by atoms with Crippen molar-refractivity contribution in [3.63, 3.8) is 0 Å². The van der Waals surface area contributed by atoms with E-state index in [0.717, 1.165) is 54.6 Å². The van der Waals surface area contributed by atoms with E-state index in [1.807, 2.05) is 68.5 Å². The van der Waals surface area contributed by atoms with Crippen molar-refractivity contribution in [3.05, 3.63) is 81.6 Å². The Morgan fingerprint density at radius 1 is 1.03 bits per heavy atom. The molecule has 4 rings (SSSR count). The first-order chi connectivity index (χ1) is 13.9. The summed E-state index contributed by atoms with van der Waals surface area (Å²) in [5.74, 6) is 0. The minimum atomic E-state index is -2.66. The van der Waals surface area contributed by atoms with E-state index in [-0.39, 0.29) is 0 Å². The Morgan fingerprint density at radius 3 is 2.28 bits per heavy atom. The molecule has 0 amide bonds. The Labute approximate surface area is 169 Å². The molecule has 0 spiro atoms. The molecule has 0 radical (unpaired) electrons. The molecular formula is C24H23BF2N2. The van der Waals surface area contributed by atoms with Gasteiger partial charge in [0, 0.05) is 32.9 Å². The van der Waals surface area contributed by atoms with Gasteiger partial charge in [0.15, 0.2) is 0 Å². The van der Waals surface area contributed by atoms with Gasteiger partial charge in [-0.1, -0.05) is 67.6 Å². The molecule has 29 heavy (non-hydrogen) atoms. The van der Waals surface area contributed by atoms with E-state index < -0.39 is 7.40 Å². The van der Waals surface area contributed by atoms with Gasteiger partial charge in [-0.05, 0) is 43.0 Å². The van der Waals surface area contributed by atoms with Gasteiger partial charge in [0.2, 0.25) is 0 Å². The summed E-state index contributed by atoms with van der Waals surface area (Å²) in [5, 5.41) is 3.29. The Bertz CT molecular complexity index is 1300. The third-order valence-corrected chi connectivity index (χ3v) is 5.62. The number of H-pyrrole nitrogens is 1. The lowest BCUT2D eigenvalue weighted by Crippen LogP contribution is -2.18. The normalized spacial score (nSPS) is 12.1. The summed E-state index contributed by atoms with van der Waals surface area (Å²) in [6, 6.07) is 15.3. The van der Waals surface area contributed by atoms with Crippen LogP contribution in [0.5, 0.6) is 0 Å². The summed E-state index contributed by atoms with van der Waals surface area (Å²) in [7, 11) is -2.66. The summed E-state index contributed by atoms with van der Waals surface area (Å²) in [6.07, 6.45) is 2.68. The van der Waals surface area contributed by atoms with E-state index in [0.29, 0.717) is 11.4 Å². The van der Waals surface area contributed by atoms with Crippen LogP contribution in [0.4, 0.5) is 8.63 Å². The lowest BCUT2D eigenvalue weighted by Gasteiger charge is -2.09. The Balaban J connectivity index is 2.10. The molecule has 2 aromatic heterocycles. The largest absolute Gasteiger partial charge is 0.678 e. The molecule has 0 saturated carbocycles. The molecule has 0 fully saturated rings. The van der Waals surface area contributed by atoms with Crippen LogP contribution in [0.15, 0.2) is 48.5 Å². The van der Waals surface area contributed by atoms with Crippen molar-refractivity contribution in [2.45, 2.75) is 27.2 Å². The van der Waals surface area contributed by atoms with Crippen LogP contribution in [0.2, 0.25) is 0 Å². The number of nitrogens with zero attached hydrogens (tertiary/aromatic N) is 1. The smallest absolute Gasteiger partial charge is 0.355 e. The zero-order valence-corrected chi connectivity index (χ0v) is 16.9. The van der Waals surface area contributed by atoms with Gasteiger partial charge in [-0.2, -0.15) is 0 Å². The molecule has 2 aromatic carbocycles. The summed E-state index contributed by atoms with van der Waals surface area (Å²) in [4.78, 5) is 3.27. The molecule has 0 atom stereocenters. The molecule has 1 N–H and O–H groups in total. The lowest BCUT2D eigenvalue weighted by atomic mass is 10.0. The van der Waals surface area contributed by atoms with E-state index in [1.54, 1.807) is 0 Å². The SMILES string of the molecule is C=c1[nH]c(=Cc2c3ccccc3c(-c3ccc(C)cc3)n2B(F)F)c(C)c1CC. The third kappa shape index (κ3) is 3.21. The average molecular weight is 388 g/mol. The maximum Gasteiger partial charge on any atom is 0.678 e. The summed E-state index contributed by atoms with van der Waals surface area (Å²) in [6.45, 7) is 10.1. The number of rotatable bonds is 4. The molecule has 0 aliphatic heterocycles. The number of aromatic nitrogens is 2. The van der Waals surface area contributed by atoms with Crippen molar-refractivity contribution in [1.29, 1.82) is 0 Å². The molecule has 0 saturated heterocycles. The number of benzene rings is 2. The van der Waals surface area contributed by atoms with Gasteiger partial charge in [0.25, 0.3) is 0 Å². The monoisotopic (exact) mass is 388 g/mol. The van der Waals surface area contributed by atoms with Crippen LogP contribution < -0.4 is 10.7 Å². The van der Waals surface area contributed by atoms with Crippen LogP contribution in [-0.2, 0) is 6.42 Å². The molecule has 0 bridgehead atoms. The molecule has 2 nitrogen and oxygen atoms in total. The van der Waals surface area contributed by atoms with E-state index in [1.165, 1.54) is 0 Å². The Morgan fingerprint density at radius 2 is 1.69 bits per heavy atom. The summed E-state index contributed by atoms with van der Waals surface area (Å²) < 4.78 is 29.9. The highest BCUT2D eigenvalue weighted by Crippen LogP contribution is 2.35. The van der Waals surface area contributed by atoms with Gasteiger partial charge in [-0.3, -0.25) is 8.63 Å². The van der Waals surface area contributed by atoms with Crippen LogP contribution in [0.3, 0.4) is 0 Å². The number of halogens is 2. The van der Waals surface area contributed by atoms with Crippen molar-refractivity contribution in [3.8, 4) is 11.3 Å². The topological polar surface area (TPSA) is 20.7 Å². The zero-order chi connectivity index (χ0) is 20.7. The average Bonchev–Trinajstić information content (AvgIpc) is 3.17. The van der Waals surface area contributed by atoms with E-state index in [9.17, 15) is 8.63 Å². The highest BCUT2D eigenvalue weighted by Gasteiger charge is 2.27. The maximum atomic E-state index is 14.4. The fourth-order valence-electron chi connectivity index (χ4n) is 4.13. The second-order valence-electron chi connectivity index (χ2n) is 7.41. The predicted octanol–water partition coefficient (Wildman–Crippen LogP) is 4.83.